The fourth-order valence-electron chi connectivity index (χ4n) is 0.771. The van der Waals surface area contributed by atoms with Crippen LogP contribution in [0.1, 0.15) is 39.5 Å². The molecule has 8 heavy (non-hydrogen) atoms. The van der Waals surface area contributed by atoms with Gasteiger partial charge in [0.05, 0.1) is 0 Å². The highest BCUT2D eigenvalue weighted by Gasteiger charge is 1.98. The van der Waals surface area contributed by atoms with E-state index < -0.39 is 0 Å². The molecule has 0 heterocycles. The maximum absolute atomic E-state index is 5.88. The Kier molecular flexibility index (Phi) is 5.62. The summed E-state index contributed by atoms with van der Waals surface area (Å²) in [6.07, 6.45) is 4.78. The summed E-state index contributed by atoms with van der Waals surface area (Å²) in [4.78, 5) is 0. The van der Waals surface area contributed by atoms with Crippen molar-refractivity contribution < 1.29 is 0 Å². The predicted octanol–water partition coefficient (Wildman–Crippen LogP) is 3.19. The van der Waals surface area contributed by atoms with Crippen LogP contribution >= 0.6 is 11.6 Å². The second-order valence-corrected chi connectivity index (χ2v) is 2.79. The van der Waals surface area contributed by atoms with Crippen molar-refractivity contribution in [1.82, 2.24) is 0 Å². The van der Waals surface area contributed by atoms with Crippen LogP contribution in [-0.4, -0.2) is 5.38 Å². The van der Waals surface area contributed by atoms with Crippen molar-refractivity contribution in [3.8, 4) is 0 Å². The topological polar surface area (TPSA) is 0 Å². The van der Waals surface area contributed by atoms with Gasteiger partial charge in [0, 0.05) is 5.38 Å². The van der Waals surface area contributed by atoms with E-state index in [1.165, 1.54) is 25.7 Å². The summed E-state index contributed by atoms with van der Waals surface area (Å²) in [5, 5.41) is 0.435. The molecule has 0 amide bonds. The van der Waals surface area contributed by atoms with Gasteiger partial charge in [0.1, 0.15) is 0 Å². The molecule has 0 aromatic heterocycles. The van der Waals surface area contributed by atoms with Gasteiger partial charge in [-0.2, -0.15) is 0 Å². The molecule has 0 aliphatic heterocycles. The number of alkyl halides is 1. The van der Waals surface area contributed by atoms with Crippen molar-refractivity contribution >= 4 is 11.6 Å². The summed E-state index contributed by atoms with van der Waals surface area (Å²) in [7, 11) is 0. The fraction of sp³-hybridized carbons (Fsp3) is 1.00. The van der Waals surface area contributed by atoms with Gasteiger partial charge in [0.25, 0.3) is 0 Å². The van der Waals surface area contributed by atoms with Crippen LogP contribution in [0, 0.1) is 0 Å². The molecule has 0 fully saturated rings. The Morgan fingerprint density at radius 2 is 1.50 bits per heavy atom. The fourth-order valence-corrected chi connectivity index (χ4v) is 1.21. The molecule has 0 aliphatic rings. The van der Waals surface area contributed by atoms with E-state index in [2.05, 4.69) is 13.8 Å². The number of hydrogen-bond acceptors (Lipinski definition) is 0. The lowest BCUT2D eigenvalue weighted by Crippen LogP contribution is -1.94. The van der Waals surface area contributed by atoms with Gasteiger partial charge in [-0.15, -0.1) is 11.6 Å². The van der Waals surface area contributed by atoms with Gasteiger partial charge >= 0.3 is 0 Å². The van der Waals surface area contributed by atoms with Gasteiger partial charge in [-0.25, -0.2) is 0 Å². The number of rotatable bonds is 4. The Balaban J connectivity index is 2.92. The van der Waals surface area contributed by atoms with E-state index in [1.54, 1.807) is 0 Å². The summed E-state index contributed by atoms with van der Waals surface area (Å²) in [6.45, 7) is 4.34. The standard InChI is InChI=1S/C7H15Cl/c1-3-5-7(8)6-4-2/h7H,3-6H2,1-2H3. The van der Waals surface area contributed by atoms with E-state index in [1.807, 2.05) is 0 Å². The highest BCUT2D eigenvalue weighted by atomic mass is 35.5. The average Bonchev–Trinajstić information content (AvgIpc) is 1.68. The van der Waals surface area contributed by atoms with E-state index in [-0.39, 0.29) is 0 Å². The molecule has 1 heteroatoms. The summed E-state index contributed by atoms with van der Waals surface area (Å²) in [5.41, 5.74) is 0. The maximum Gasteiger partial charge on any atom is 0.0335 e. The molecule has 0 unspecified atom stereocenters. The first-order valence-corrected chi connectivity index (χ1v) is 3.89. The SMILES string of the molecule is CCCC(Cl)CCC. The van der Waals surface area contributed by atoms with Gasteiger partial charge in [-0.3, -0.25) is 0 Å². The molecule has 0 aliphatic carbocycles. The molecule has 0 rings (SSSR count). The Morgan fingerprint density at radius 1 is 1.12 bits per heavy atom. The molecule has 0 saturated heterocycles. The molecule has 0 radical (unpaired) electrons. The van der Waals surface area contributed by atoms with Crippen LogP contribution in [0.15, 0.2) is 0 Å². The average molecular weight is 135 g/mol. The van der Waals surface area contributed by atoms with E-state index >= 15 is 0 Å². The van der Waals surface area contributed by atoms with Crippen LogP contribution in [0.5, 0.6) is 0 Å². The molecule has 0 atom stereocenters. The van der Waals surface area contributed by atoms with E-state index in [4.69, 9.17) is 11.6 Å². The molecule has 0 spiro atoms. The predicted molar refractivity (Wildman–Crippen MR) is 39.5 cm³/mol. The third-order valence-corrected chi connectivity index (χ3v) is 1.64. The molecule has 0 saturated carbocycles. The van der Waals surface area contributed by atoms with Crippen molar-refractivity contribution in [1.29, 1.82) is 0 Å². The Morgan fingerprint density at radius 3 is 1.75 bits per heavy atom. The zero-order valence-electron chi connectivity index (χ0n) is 5.78. The minimum absolute atomic E-state index is 0.435. The first-order chi connectivity index (χ1) is 3.81. The van der Waals surface area contributed by atoms with E-state index in [0.717, 1.165) is 0 Å². The lowest BCUT2D eigenvalue weighted by atomic mass is 10.2. The molecular weight excluding hydrogens is 120 g/mol. The molecular formula is C7H15Cl. The molecule has 0 nitrogen and oxygen atoms in total. The van der Waals surface area contributed by atoms with Gasteiger partial charge in [-0.1, -0.05) is 26.7 Å². The quantitative estimate of drug-likeness (QED) is 0.518. The summed E-state index contributed by atoms with van der Waals surface area (Å²) in [5.74, 6) is 0. The van der Waals surface area contributed by atoms with Gasteiger partial charge in [-0.05, 0) is 12.8 Å². The molecule has 0 aromatic carbocycles. The number of hydrogen-bond donors (Lipinski definition) is 0. The molecule has 0 bridgehead atoms. The molecule has 50 valence electrons. The Bertz CT molecular complexity index is 37.7. The lowest BCUT2D eigenvalue weighted by molar-refractivity contribution is 0.665. The van der Waals surface area contributed by atoms with Crippen LogP contribution in [-0.2, 0) is 0 Å². The van der Waals surface area contributed by atoms with Gasteiger partial charge < -0.3 is 0 Å². The zero-order chi connectivity index (χ0) is 6.41. The molecule has 0 N–H and O–H groups in total. The maximum atomic E-state index is 5.88. The second kappa shape index (κ2) is 5.43. The Hall–Kier alpha value is 0.290. The first kappa shape index (κ1) is 8.29. The van der Waals surface area contributed by atoms with Crippen LogP contribution < -0.4 is 0 Å². The summed E-state index contributed by atoms with van der Waals surface area (Å²) in [6, 6.07) is 0. The van der Waals surface area contributed by atoms with Crippen LogP contribution in [0.4, 0.5) is 0 Å². The first-order valence-electron chi connectivity index (χ1n) is 3.45. The van der Waals surface area contributed by atoms with Crippen molar-refractivity contribution in [2.75, 3.05) is 0 Å². The number of halogens is 1. The zero-order valence-corrected chi connectivity index (χ0v) is 6.54. The van der Waals surface area contributed by atoms with Crippen molar-refractivity contribution in [2.24, 2.45) is 0 Å². The van der Waals surface area contributed by atoms with Crippen molar-refractivity contribution in [3.05, 3.63) is 0 Å². The monoisotopic (exact) mass is 134 g/mol. The smallest absolute Gasteiger partial charge is 0.0335 e. The second-order valence-electron chi connectivity index (χ2n) is 2.17. The van der Waals surface area contributed by atoms with Crippen LogP contribution in [0.2, 0.25) is 0 Å². The third kappa shape index (κ3) is 4.45. The largest absolute Gasteiger partial charge is 0.123 e. The van der Waals surface area contributed by atoms with Crippen LogP contribution in [0.25, 0.3) is 0 Å². The van der Waals surface area contributed by atoms with E-state index in [9.17, 15) is 0 Å². The van der Waals surface area contributed by atoms with E-state index in [0.29, 0.717) is 5.38 Å². The van der Waals surface area contributed by atoms with Gasteiger partial charge in [0.15, 0.2) is 0 Å². The van der Waals surface area contributed by atoms with Crippen molar-refractivity contribution in [2.45, 2.75) is 44.9 Å². The van der Waals surface area contributed by atoms with Gasteiger partial charge in [0.2, 0.25) is 0 Å². The van der Waals surface area contributed by atoms with Crippen LogP contribution in [0.3, 0.4) is 0 Å². The Labute approximate surface area is 57.2 Å². The highest BCUT2D eigenvalue weighted by molar-refractivity contribution is 6.20. The lowest BCUT2D eigenvalue weighted by Gasteiger charge is -2.02. The summed E-state index contributed by atoms with van der Waals surface area (Å²) < 4.78 is 0. The normalized spacial score (nSPS) is 10.5. The van der Waals surface area contributed by atoms with Crippen molar-refractivity contribution in [3.63, 3.8) is 0 Å². The molecule has 0 aromatic rings. The highest BCUT2D eigenvalue weighted by Crippen LogP contribution is 2.10. The minimum atomic E-state index is 0.435. The summed E-state index contributed by atoms with van der Waals surface area (Å²) >= 11 is 5.88. The third-order valence-electron chi connectivity index (χ3n) is 1.20. The minimum Gasteiger partial charge on any atom is -0.123 e.